The van der Waals surface area contributed by atoms with E-state index in [-0.39, 0.29) is 63.7 Å². The van der Waals surface area contributed by atoms with Crippen molar-refractivity contribution in [2.24, 2.45) is 0 Å². The molecular formula is C66H70Fe2N8O5+4. The molecule has 1 saturated heterocycles. The third-order valence-corrected chi connectivity index (χ3v) is 14.2. The first-order valence-electron chi connectivity index (χ1n) is 27.8. The van der Waals surface area contributed by atoms with Gasteiger partial charge in [-0.25, -0.2) is 9.36 Å². The number of aromatic nitrogens is 6. The number of nitrogens with zero attached hydrogens (tertiary/aromatic N) is 8. The summed E-state index contributed by atoms with van der Waals surface area (Å²) in [6, 6.07) is 24.1. The van der Waals surface area contributed by atoms with Gasteiger partial charge in [0.2, 0.25) is 5.91 Å². The molecule has 3 heterocycles. The molecule has 0 N–H and O–H groups in total. The van der Waals surface area contributed by atoms with Gasteiger partial charge >= 0.3 is 34.1 Å². The number of rotatable bonds is 22. The first-order valence-corrected chi connectivity index (χ1v) is 27.8. The van der Waals surface area contributed by atoms with Crippen LogP contribution in [0.4, 0.5) is 0 Å². The molecule has 1 aliphatic heterocycles. The predicted octanol–water partition coefficient (Wildman–Crippen LogP) is 12.3. The summed E-state index contributed by atoms with van der Waals surface area (Å²) >= 11 is 0. The van der Waals surface area contributed by atoms with Crippen LogP contribution in [0.5, 0.6) is 11.5 Å². The largest absolute Gasteiger partial charge is 2.00 e. The second-order valence-corrected chi connectivity index (χ2v) is 20.0. The molecule has 81 heavy (non-hydrogen) atoms. The molecule has 5 aliphatic carbocycles. The van der Waals surface area contributed by atoms with E-state index in [1.165, 1.54) is 12.8 Å². The van der Waals surface area contributed by atoms with E-state index in [9.17, 15) is 14.4 Å². The molecular weight excluding hydrogens is 1100 g/mol. The van der Waals surface area contributed by atoms with Crippen LogP contribution in [0.2, 0.25) is 0 Å². The summed E-state index contributed by atoms with van der Waals surface area (Å²) in [7, 11) is 0. The normalized spacial score (nSPS) is 17.8. The van der Waals surface area contributed by atoms with Crippen LogP contribution >= 0.6 is 0 Å². The molecule has 11 rings (SSSR count). The molecule has 1 saturated carbocycles. The van der Waals surface area contributed by atoms with E-state index in [0.29, 0.717) is 73.4 Å². The Morgan fingerprint density at radius 2 is 1.06 bits per heavy atom. The van der Waals surface area contributed by atoms with E-state index in [4.69, 9.17) is 9.47 Å². The van der Waals surface area contributed by atoms with Gasteiger partial charge in [0.05, 0.1) is 30.5 Å². The fourth-order valence-corrected chi connectivity index (χ4v) is 10.00. The van der Waals surface area contributed by atoms with Gasteiger partial charge < -0.3 is 14.4 Å². The molecule has 0 bridgehead atoms. The molecule has 1 amide bonds. The Bertz CT molecular complexity index is 2990. The number of amides is 1. The van der Waals surface area contributed by atoms with E-state index in [2.05, 4.69) is 128 Å². The maximum atomic E-state index is 14.6. The maximum Gasteiger partial charge on any atom is 2.00 e. The molecule has 13 nitrogen and oxygen atoms in total. The van der Waals surface area contributed by atoms with Gasteiger partial charge in [0.15, 0.2) is 11.6 Å². The Labute approximate surface area is 497 Å². The zero-order valence-corrected chi connectivity index (χ0v) is 47.8. The molecule has 0 radical (unpaired) electrons. The summed E-state index contributed by atoms with van der Waals surface area (Å²) in [5, 5.41) is 18.0. The smallest absolute Gasteiger partial charge is 0.492 e. The molecule has 2 aromatic heterocycles. The van der Waals surface area contributed by atoms with Crippen LogP contribution in [0, 0.1) is 0 Å². The van der Waals surface area contributed by atoms with Crippen LogP contribution in [0.15, 0.2) is 218 Å². The minimum absolute atomic E-state index is 0. The van der Waals surface area contributed by atoms with Crippen molar-refractivity contribution in [2.75, 3.05) is 13.2 Å². The van der Waals surface area contributed by atoms with Crippen LogP contribution in [-0.2, 0) is 65.1 Å². The number of β-lactam (4-membered cyclic amide) rings is 1. The van der Waals surface area contributed by atoms with Gasteiger partial charge in [-0.1, -0.05) is 176 Å². The number of carbonyl (C=O) groups excluding carboxylic acids is 3. The van der Waals surface area contributed by atoms with Crippen molar-refractivity contribution >= 4 is 23.5 Å². The molecule has 2 atom stereocenters. The number of carbonyl (C=O) groups is 3. The van der Waals surface area contributed by atoms with Crippen LogP contribution in [0.1, 0.15) is 102 Å². The third kappa shape index (κ3) is 18.8. The zero-order valence-electron chi connectivity index (χ0n) is 45.6. The van der Waals surface area contributed by atoms with Crippen LogP contribution in [0.25, 0.3) is 6.08 Å². The van der Waals surface area contributed by atoms with Gasteiger partial charge in [0.25, 0.3) is 0 Å². The molecule has 0 unspecified atom stereocenters. The standard InChI is InChI=1S/C56H58N8O5.2C5H6.2Fe/c65-53(32-21-43-14-8-9-15-43)45-23-27-50(28-24-45)68-36-34-62-40-47(57-59-62)38-61(55-52(31-20-42-12-4-3-5-13-42)64(56(55)67)49-18-6-1-2-7-19-49)39-48-41-63(60-58-48)35-37-69-51-29-25-46(26-30-51)54(66)33-22-44-16-10-11-17-44;2*1-2-4-5-3-1;;/h3-5,8,10,12-17,20-33,40-41,49,52,55H,1-2,6-7,9,11,18-19,34-39H2;2*1-4H,5H2;;/q;;;2*+2/b31-20+,32-21+,33-22+;;;;/t52-,55+;;;;/m1..../s1. The number of benzene rings is 3. The summed E-state index contributed by atoms with van der Waals surface area (Å²) in [5.41, 5.74) is 5.78. The third-order valence-electron chi connectivity index (χ3n) is 14.2. The van der Waals surface area contributed by atoms with E-state index >= 15 is 0 Å². The second kappa shape index (κ2) is 32.7. The number of ether oxygens (including phenoxy) is 2. The summed E-state index contributed by atoms with van der Waals surface area (Å²) in [6.45, 7) is 2.31. The molecule has 15 heteroatoms. The topological polar surface area (TPSA) is 138 Å². The first-order chi connectivity index (χ1) is 38.9. The number of ketones is 2. The fourth-order valence-electron chi connectivity index (χ4n) is 10.00. The van der Waals surface area contributed by atoms with Gasteiger partial charge in [-0.3, -0.25) is 19.3 Å². The van der Waals surface area contributed by atoms with E-state index in [1.807, 2.05) is 54.9 Å². The summed E-state index contributed by atoms with van der Waals surface area (Å²) < 4.78 is 15.6. The summed E-state index contributed by atoms with van der Waals surface area (Å²) in [5.74, 6) is 1.30. The second-order valence-electron chi connectivity index (χ2n) is 20.0. The Morgan fingerprint density at radius 1 is 0.580 bits per heavy atom. The van der Waals surface area contributed by atoms with E-state index < -0.39 is 6.04 Å². The molecule has 0 spiro atoms. The summed E-state index contributed by atoms with van der Waals surface area (Å²) in [4.78, 5) is 44.2. The Morgan fingerprint density at radius 3 is 1.49 bits per heavy atom. The van der Waals surface area contributed by atoms with Gasteiger partial charge in [0.1, 0.15) is 30.8 Å². The van der Waals surface area contributed by atoms with Crippen molar-refractivity contribution in [1.82, 2.24) is 39.8 Å². The maximum absolute atomic E-state index is 14.6. The van der Waals surface area contributed by atoms with Crippen molar-refractivity contribution in [3.05, 3.63) is 246 Å². The molecule has 2 fully saturated rings. The number of allylic oxidation sites excluding steroid dienone is 20. The van der Waals surface area contributed by atoms with E-state index in [1.54, 1.807) is 70.0 Å². The number of hydrogen-bond acceptors (Lipinski definition) is 10. The van der Waals surface area contributed by atoms with Gasteiger partial charge in [-0.15, -0.1) is 10.2 Å². The van der Waals surface area contributed by atoms with Crippen LogP contribution in [0.3, 0.4) is 0 Å². The minimum Gasteiger partial charge on any atom is -0.492 e. The number of likely N-dealkylation sites (tertiary alicyclic amines) is 1. The monoisotopic (exact) mass is 1170 g/mol. The quantitative estimate of drug-likeness (QED) is 0.0216. The molecule has 416 valence electrons. The first kappa shape index (κ1) is 61.1. The van der Waals surface area contributed by atoms with Crippen molar-refractivity contribution in [3.8, 4) is 11.5 Å². The average Bonchev–Trinajstić information content (AvgIpc) is 4.39. The van der Waals surface area contributed by atoms with Crippen LogP contribution < -0.4 is 9.47 Å². The SMILES string of the molecule is C1=CCC=C1.C1=CCC=C1.O=C(/C=C/C1=CCC=C1)c1ccc(OCCn2cc(CN(Cc3cn(CCOc4ccc(C(=O)/C=C/C5=CCC=C5)cc4)nn3)[C@@H]3C(=O)N(C4CCCCCC4)[C@@H]3/C=C/c3ccccc3)nn2)cc1.[Fe+2].[Fe+2]. The van der Waals surface area contributed by atoms with Crippen molar-refractivity contribution in [3.63, 3.8) is 0 Å². The molecule has 6 aliphatic rings. The average molecular weight is 1170 g/mol. The summed E-state index contributed by atoms with van der Waals surface area (Å²) in [6.07, 6.45) is 54.7. The fraction of sp³-hybridized carbons (Fsp3) is 0.288. The van der Waals surface area contributed by atoms with Gasteiger partial charge in [-0.2, -0.15) is 0 Å². The zero-order chi connectivity index (χ0) is 54.3. The minimum atomic E-state index is -0.445. The van der Waals surface area contributed by atoms with E-state index in [0.717, 1.165) is 68.1 Å². The van der Waals surface area contributed by atoms with Gasteiger partial charge in [0, 0.05) is 42.7 Å². The van der Waals surface area contributed by atoms with Crippen molar-refractivity contribution < 1.29 is 58.0 Å². The Kier molecular flexibility index (Phi) is 24.6. The Hall–Kier alpha value is -7.51. The van der Waals surface area contributed by atoms with Crippen LogP contribution in [-0.4, -0.2) is 88.6 Å². The van der Waals surface area contributed by atoms with Gasteiger partial charge in [-0.05, 0) is 116 Å². The number of hydrogen-bond donors (Lipinski definition) is 0. The molecule has 5 aromatic rings. The molecule has 3 aromatic carbocycles. The Balaban J connectivity index is 0.000000712. The van der Waals surface area contributed by atoms with Crippen molar-refractivity contribution in [1.29, 1.82) is 0 Å². The van der Waals surface area contributed by atoms with Crippen molar-refractivity contribution in [2.45, 2.75) is 109 Å². The predicted molar refractivity (Wildman–Crippen MR) is 311 cm³/mol.